The Balaban J connectivity index is 2.45. The molecule has 2 rings (SSSR count). The predicted molar refractivity (Wildman–Crippen MR) is 53.6 cm³/mol. The van der Waals surface area contributed by atoms with Gasteiger partial charge in [0.05, 0.1) is 19.1 Å². The molecular weight excluding hydrogens is 253 g/mol. The highest BCUT2D eigenvalue weighted by Gasteiger charge is 2.60. The van der Waals surface area contributed by atoms with Gasteiger partial charge >= 0.3 is 12.0 Å². The first-order chi connectivity index (χ1) is 8.27. The molecule has 1 aliphatic rings. The van der Waals surface area contributed by atoms with Crippen LogP contribution in [0.2, 0.25) is 0 Å². The van der Waals surface area contributed by atoms with Crippen molar-refractivity contribution in [1.82, 2.24) is 0 Å². The molecule has 0 fully saturated rings. The Morgan fingerprint density at radius 1 is 1.44 bits per heavy atom. The standard InChI is InChI=1S/C11H9F3O4/c1-17-6-2-3-9-7(4-6)8(15)5-10(16,18-9)11(12,13)14/h2-4,16H,5H2,1H3. The molecule has 0 spiro atoms. The van der Waals surface area contributed by atoms with Crippen LogP contribution in [0.3, 0.4) is 0 Å². The van der Waals surface area contributed by atoms with Crippen LogP contribution in [0.25, 0.3) is 0 Å². The van der Waals surface area contributed by atoms with Crippen molar-refractivity contribution < 1.29 is 32.5 Å². The summed E-state index contributed by atoms with van der Waals surface area (Å²) in [7, 11) is 1.36. The minimum atomic E-state index is -5.04. The van der Waals surface area contributed by atoms with Crippen LogP contribution in [0.4, 0.5) is 13.2 Å². The maximum Gasteiger partial charge on any atom is 0.455 e. The van der Waals surface area contributed by atoms with E-state index in [0.29, 0.717) is 5.75 Å². The lowest BCUT2D eigenvalue weighted by atomic mass is 9.98. The fraction of sp³-hybridized carbons (Fsp3) is 0.364. The number of hydrogen-bond donors (Lipinski definition) is 1. The monoisotopic (exact) mass is 262 g/mol. The zero-order chi connectivity index (χ0) is 13.6. The summed E-state index contributed by atoms with van der Waals surface area (Å²) in [5.74, 6) is -4.31. The number of alkyl halides is 3. The molecule has 7 heteroatoms. The highest BCUT2D eigenvalue weighted by Crippen LogP contribution is 2.42. The van der Waals surface area contributed by atoms with E-state index < -0.39 is 24.2 Å². The van der Waals surface area contributed by atoms with E-state index in [4.69, 9.17) is 4.74 Å². The summed E-state index contributed by atoms with van der Waals surface area (Å²) in [6.07, 6.45) is -6.21. The van der Waals surface area contributed by atoms with E-state index in [-0.39, 0.29) is 11.3 Å². The van der Waals surface area contributed by atoms with Crippen LogP contribution in [0.5, 0.6) is 11.5 Å². The molecule has 1 unspecified atom stereocenters. The number of halogens is 3. The molecular formula is C11H9F3O4. The normalized spacial score (nSPS) is 23.3. The molecule has 0 aromatic heterocycles. The van der Waals surface area contributed by atoms with Crippen LogP contribution < -0.4 is 9.47 Å². The lowest BCUT2D eigenvalue weighted by Gasteiger charge is -2.34. The minimum Gasteiger partial charge on any atom is -0.497 e. The molecule has 1 N–H and O–H groups in total. The number of ether oxygens (including phenoxy) is 2. The first-order valence-corrected chi connectivity index (χ1v) is 4.96. The smallest absolute Gasteiger partial charge is 0.455 e. The number of fused-ring (bicyclic) bond motifs is 1. The van der Waals surface area contributed by atoms with E-state index in [1.54, 1.807) is 0 Å². The van der Waals surface area contributed by atoms with Crippen LogP contribution >= 0.6 is 0 Å². The van der Waals surface area contributed by atoms with Gasteiger partial charge in [0.15, 0.2) is 5.78 Å². The van der Waals surface area contributed by atoms with Crippen LogP contribution in [-0.4, -0.2) is 30.0 Å². The SMILES string of the molecule is COc1ccc2c(c1)C(=O)CC(O)(C(F)(F)F)O2. The molecule has 0 amide bonds. The summed E-state index contributed by atoms with van der Waals surface area (Å²) >= 11 is 0. The Hall–Kier alpha value is -1.76. The Kier molecular flexibility index (Phi) is 2.73. The summed E-state index contributed by atoms with van der Waals surface area (Å²) < 4.78 is 47.1. The molecule has 0 radical (unpaired) electrons. The van der Waals surface area contributed by atoms with Gasteiger partial charge in [-0.05, 0) is 18.2 Å². The van der Waals surface area contributed by atoms with Crippen molar-refractivity contribution in [1.29, 1.82) is 0 Å². The summed E-state index contributed by atoms with van der Waals surface area (Å²) in [5.41, 5.74) is -0.0386. The van der Waals surface area contributed by atoms with Gasteiger partial charge in [-0.15, -0.1) is 0 Å². The molecule has 0 saturated carbocycles. The van der Waals surface area contributed by atoms with Gasteiger partial charge in [0.1, 0.15) is 11.5 Å². The molecule has 98 valence electrons. The average Bonchev–Trinajstić information content (AvgIpc) is 2.27. The van der Waals surface area contributed by atoms with E-state index >= 15 is 0 Å². The summed E-state index contributed by atoms with van der Waals surface area (Å²) in [5, 5.41) is 9.35. The number of carbonyl (C=O) groups excluding carboxylic acids is 1. The van der Waals surface area contributed by atoms with Gasteiger partial charge < -0.3 is 14.6 Å². The summed E-state index contributed by atoms with van der Waals surface area (Å²) in [6, 6.07) is 3.77. The average molecular weight is 262 g/mol. The van der Waals surface area contributed by atoms with Crippen LogP contribution in [0, 0.1) is 0 Å². The molecule has 1 aromatic carbocycles. The Bertz CT molecular complexity index is 498. The molecule has 0 saturated heterocycles. The van der Waals surface area contributed by atoms with Gasteiger partial charge in [-0.3, -0.25) is 4.79 Å². The number of rotatable bonds is 1. The highest BCUT2D eigenvalue weighted by molar-refractivity contribution is 6.00. The number of benzene rings is 1. The van der Waals surface area contributed by atoms with E-state index in [9.17, 15) is 23.1 Å². The third-order valence-corrected chi connectivity index (χ3v) is 2.61. The van der Waals surface area contributed by atoms with Crippen molar-refractivity contribution in [2.24, 2.45) is 0 Å². The molecule has 4 nitrogen and oxygen atoms in total. The van der Waals surface area contributed by atoms with Crippen molar-refractivity contribution in [3.63, 3.8) is 0 Å². The molecule has 1 heterocycles. The van der Waals surface area contributed by atoms with Crippen LogP contribution in [0.1, 0.15) is 16.8 Å². The Labute approximate surface area is 99.9 Å². The maximum absolute atomic E-state index is 12.6. The van der Waals surface area contributed by atoms with Gasteiger partial charge in [-0.2, -0.15) is 13.2 Å². The van der Waals surface area contributed by atoms with Crippen LogP contribution in [-0.2, 0) is 0 Å². The van der Waals surface area contributed by atoms with Crippen molar-refractivity contribution in [2.45, 2.75) is 18.4 Å². The van der Waals surface area contributed by atoms with Gasteiger partial charge in [0, 0.05) is 0 Å². The third kappa shape index (κ3) is 1.90. The van der Waals surface area contributed by atoms with E-state index in [1.807, 2.05) is 0 Å². The summed E-state index contributed by atoms with van der Waals surface area (Å²) in [4.78, 5) is 11.6. The molecule has 0 aliphatic carbocycles. The van der Waals surface area contributed by atoms with E-state index in [2.05, 4.69) is 4.74 Å². The lowest BCUT2D eigenvalue weighted by Crippen LogP contribution is -2.53. The fourth-order valence-electron chi connectivity index (χ4n) is 1.63. The van der Waals surface area contributed by atoms with Crippen molar-refractivity contribution >= 4 is 5.78 Å². The van der Waals surface area contributed by atoms with E-state index in [1.165, 1.54) is 19.2 Å². The number of ketones is 1. The molecule has 1 atom stereocenters. The first kappa shape index (κ1) is 12.7. The van der Waals surface area contributed by atoms with Gasteiger partial charge in [-0.1, -0.05) is 0 Å². The number of carbonyl (C=O) groups is 1. The second kappa shape index (κ2) is 3.88. The molecule has 18 heavy (non-hydrogen) atoms. The van der Waals surface area contributed by atoms with Crippen LogP contribution in [0.15, 0.2) is 18.2 Å². The number of Topliss-reactive ketones (excluding diaryl/α,β-unsaturated/α-hetero) is 1. The minimum absolute atomic E-state index is 0.0386. The van der Waals surface area contributed by atoms with Gasteiger partial charge in [0.2, 0.25) is 0 Å². The molecule has 1 aromatic rings. The molecule has 0 bridgehead atoms. The largest absolute Gasteiger partial charge is 0.497 e. The molecule has 1 aliphatic heterocycles. The Morgan fingerprint density at radius 3 is 2.67 bits per heavy atom. The quantitative estimate of drug-likeness (QED) is 0.840. The highest BCUT2D eigenvalue weighted by atomic mass is 19.4. The number of methoxy groups -OCH3 is 1. The second-order valence-corrected chi connectivity index (χ2v) is 3.85. The maximum atomic E-state index is 12.6. The van der Waals surface area contributed by atoms with Crippen molar-refractivity contribution in [3.8, 4) is 11.5 Å². The van der Waals surface area contributed by atoms with Crippen molar-refractivity contribution in [3.05, 3.63) is 23.8 Å². The summed E-state index contributed by atoms with van der Waals surface area (Å²) in [6.45, 7) is 0. The van der Waals surface area contributed by atoms with Crippen molar-refractivity contribution in [2.75, 3.05) is 7.11 Å². The zero-order valence-electron chi connectivity index (χ0n) is 9.25. The Morgan fingerprint density at radius 2 is 2.11 bits per heavy atom. The number of hydrogen-bond acceptors (Lipinski definition) is 4. The lowest BCUT2D eigenvalue weighted by molar-refractivity contribution is -0.334. The topological polar surface area (TPSA) is 55.8 Å². The zero-order valence-corrected chi connectivity index (χ0v) is 9.25. The second-order valence-electron chi connectivity index (χ2n) is 3.85. The first-order valence-electron chi connectivity index (χ1n) is 4.96. The third-order valence-electron chi connectivity index (χ3n) is 2.61. The predicted octanol–water partition coefficient (Wildman–Crippen LogP) is 1.91. The fourth-order valence-corrected chi connectivity index (χ4v) is 1.63. The number of aliphatic hydroxyl groups is 1. The van der Waals surface area contributed by atoms with Gasteiger partial charge in [0.25, 0.3) is 0 Å². The van der Waals surface area contributed by atoms with E-state index in [0.717, 1.165) is 6.07 Å². The van der Waals surface area contributed by atoms with Gasteiger partial charge in [-0.25, -0.2) is 0 Å².